The first-order valence-corrected chi connectivity index (χ1v) is 7.64. The van der Waals surface area contributed by atoms with Gasteiger partial charge in [0.25, 0.3) is 0 Å². The fraction of sp³-hybridized carbons (Fsp3) is 0. The first-order chi connectivity index (χ1) is 9.33. The van der Waals surface area contributed by atoms with Crippen molar-refractivity contribution in [2.24, 2.45) is 0 Å². The molecule has 0 aliphatic heterocycles. The van der Waals surface area contributed by atoms with Gasteiger partial charge in [-0.1, -0.05) is 0 Å². The Morgan fingerprint density at radius 1 is 0.600 bits per heavy atom. The predicted octanol–water partition coefficient (Wildman–Crippen LogP) is 3.98. The van der Waals surface area contributed by atoms with E-state index < -0.39 is 0 Å². The maximum absolute atomic E-state index is 2.33. The maximum atomic E-state index is 2.33. The summed E-state index contributed by atoms with van der Waals surface area (Å²) in [6.07, 6.45) is 0. The predicted molar refractivity (Wildman–Crippen MR) is 97.5 cm³/mol. The first-order valence-electron chi connectivity index (χ1n) is 6.43. The molecule has 0 fully saturated rings. The molecule has 2 heteroatoms. The third-order valence-corrected chi connectivity index (χ3v) is 4.77. The summed E-state index contributed by atoms with van der Waals surface area (Å²) in [4.78, 5) is 0. The molecule has 0 spiro atoms. The molecule has 1 unspecified atom stereocenters. The normalized spacial score (nSPS) is 10.8. The zero-order valence-electron chi connectivity index (χ0n) is 10.8. The second-order valence-electron chi connectivity index (χ2n) is 4.93. The molecule has 20 heavy (non-hydrogen) atoms. The van der Waals surface area contributed by atoms with Crippen molar-refractivity contribution in [2.45, 2.75) is 0 Å². The van der Waals surface area contributed by atoms with E-state index in [0.717, 1.165) is 0 Å². The Morgan fingerprint density at radius 3 is 2.05 bits per heavy atom. The van der Waals surface area contributed by atoms with E-state index >= 15 is 0 Å². The molecule has 0 bridgehead atoms. The molecule has 98 valence electrons. The molecule has 0 aliphatic rings. The van der Waals surface area contributed by atoms with Crippen LogP contribution in [0, 0.1) is 0 Å². The van der Waals surface area contributed by atoms with Crippen LogP contribution in [0.4, 0.5) is 0 Å². The van der Waals surface area contributed by atoms with Gasteiger partial charge in [-0.05, 0) is 0 Å². The van der Waals surface area contributed by atoms with Gasteiger partial charge < -0.3 is 0 Å². The molecule has 1 atom stereocenters. The topological polar surface area (TPSA) is 0 Å². The van der Waals surface area contributed by atoms with Crippen LogP contribution >= 0.6 is 17.0 Å². The molecule has 0 saturated carbocycles. The van der Waals surface area contributed by atoms with E-state index in [2.05, 4.69) is 66.7 Å². The minimum absolute atomic E-state index is 0. The van der Waals surface area contributed by atoms with Crippen LogP contribution in [0.15, 0.2) is 66.7 Å². The van der Waals surface area contributed by atoms with Crippen LogP contribution < -0.4 is 4.35 Å². The Morgan fingerprint density at radius 2 is 1.25 bits per heavy atom. The van der Waals surface area contributed by atoms with Crippen LogP contribution in [0.3, 0.4) is 0 Å². The van der Waals surface area contributed by atoms with Crippen molar-refractivity contribution in [3.63, 3.8) is 0 Å². The van der Waals surface area contributed by atoms with Gasteiger partial charge in [-0.3, -0.25) is 0 Å². The van der Waals surface area contributed by atoms with Crippen LogP contribution in [0.2, 0.25) is 0 Å². The van der Waals surface area contributed by atoms with Gasteiger partial charge in [0, 0.05) is 0 Å². The summed E-state index contributed by atoms with van der Waals surface area (Å²) in [6.45, 7) is 0. The van der Waals surface area contributed by atoms with E-state index in [9.17, 15) is 0 Å². The summed E-state index contributed by atoms with van der Waals surface area (Å²) in [5, 5.41) is 8.08. The van der Waals surface area contributed by atoms with Crippen molar-refractivity contribution in [1.82, 2.24) is 0 Å². The van der Waals surface area contributed by atoms with Crippen LogP contribution in [0.25, 0.3) is 32.3 Å². The molecule has 4 rings (SSSR count). The quantitative estimate of drug-likeness (QED) is 0.244. The molecule has 4 aromatic rings. The van der Waals surface area contributed by atoms with Crippen molar-refractivity contribution >= 4 is 70.5 Å². The molecule has 0 heterocycles. The Labute approximate surface area is 137 Å². The fourth-order valence-corrected chi connectivity index (χ4v) is 3.74. The molecule has 0 aliphatic carbocycles. The van der Waals surface area contributed by atoms with E-state index in [0.29, 0.717) is 0 Å². The summed E-state index contributed by atoms with van der Waals surface area (Å²) >= 11 is 1.69. The van der Waals surface area contributed by atoms with E-state index in [-0.39, 0.29) is 17.0 Å². The second kappa shape index (κ2) is 5.24. The average molecular weight is 385 g/mol. The molecular weight excluding hydrogens is 371 g/mol. The van der Waals surface area contributed by atoms with E-state index in [1.54, 1.807) is 16.9 Å². The van der Waals surface area contributed by atoms with Crippen LogP contribution in [-0.4, -0.2) is 16.9 Å². The van der Waals surface area contributed by atoms with Gasteiger partial charge in [-0.15, -0.1) is 17.0 Å². The molecule has 0 aromatic heterocycles. The van der Waals surface area contributed by atoms with Gasteiger partial charge in [-0.2, -0.15) is 0 Å². The summed E-state index contributed by atoms with van der Waals surface area (Å²) in [5.74, 6) is 0. The van der Waals surface area contributed by atoms with Crippen molar-refractivity contribution in [1.29, 1.82) is 0 Å². The molecule has 0 radical (unpaired) electrons. The van der Waals surface area contributed by atoms with Crippen molar-refractivity contribution in [2.75, 3.05) is 0 Å². The minimum atomic E-state index is 0. The molecule has 0 amide bonds. The monoisotopic (exact) mass is 384 g/mol. The van der Waals surface area contributed by atoms with Gasteiger partial charge >= 0.3 is 120 Å². The molecule has 0 saturated heterocycles. The third-order valence-electron chi connectivity index (χ3n) is 3.76. The van der Waals surface area contributed by atoms with Gasteiger partial charge in [0.2, 0.25) is 0 Å². The Kier molecular flexibility index (Phi) is 3.58. The fourth-order valence-electron chi connectivity index (χ4n) is 2.83. The molecule has 4 aromatic carbocycles. The summed E-state index contributed by atoms with van der Waals surface area (Å²) < 4.78 is 1.41. The Balaban J connectivity index is 0.00000121. The van der Waals surface area contributed by atoms with Gasteiger partial charge in [0.05, 0.1) is 0 Å². The average Bonchev–Trinajstić information content (AvgIpc) is 2.45. The van der Waals surface area contributed by atoms with Gasteiger partial charge in [0.1, 0.15) is 0 Å². The number of hydrogen-bond donors (Lipinski definition) is 0. The number of rotatable bonds is 0. The SMILES string of the molecule is Br.[AsH2]c1cccc2ccc3cc4ccccc4cc3c12. The summed E-state index contributed by atoms with van der Waals surface area (Å²) in [7, 11) is 0. The van der Waals surface area contributed by atoms with Crippen molar-refractivity contribution < 1.29 is 0 Å². The Bertz CT molecular complexity index is 928. The Hall–Kier alpha value is -1.30. The van der Waals surface area contributed by atoms with E-state index in [1.807, 2.05) is 0 Å². The molecule has 0 nitrogen and oxygen atoms in total. The summed E-state index contributed by atoms with van der Waals surface area (Å²) in [6, 6.07) is 24.2. The molecule has 0 N–H and O–H groups in total. The standard InChI is InChI=1S/C18H13As.BrH/c19-17-7-3-6-12-8-9-15-10-13-4-1-2-5-14(13)11-16(15)18(12)17;/h1-11H,19H2;1H. The van der Waals surface area contributed by atoms with E-state index in [1.165, 1.54) is 36.7 Å². The zero-order valence-corrected chi connectivity index (χ0v) is 15.0. The zero-order chi connectivity index (χ0) is 12.8. The van der Waals surface area contributed by atoms with Crippen LogP contribution in [0.5, 0.6) is 0 Å². The van der Waals surface area contributed by atoms with Crippen LogP contribution in [0.1, 0.15) is 0 Å². The number of halogens is 1. The number of fused-ring (bicyclic) bond motifs is 4. The van der Waals surface area contributed by atoms with Crippen molar-refractivity contribution in [3.05, 3.63) is 66.7 Å². The first kappa shape index (κ1) is 13.7. The van der Waals surface area contributed by atoms with Crippen LogP contribution in [-0.2, 0) is 0 Å². The van der Waals surface area contributed by atoms with Gasteiger partial charge in [0.15, 0.2) is 0 Å². The summed E-state index contributed by atoms with van der Waals surface area (Å²) in [5.41, 5.74) is 0. The third kappa shape index (κ3) is 2.06. The van der Waals surface area contributed by atoms with Crippen molar-refractivity contribution in [3.8, 4) is 0 Å². The number of hydrogen-bond acceptors (Lipinski definition) is 0. The number of benzene rings is 4. The second-order valence-corrected chi connectivity index (χ2v) is 6.24. The van der Waals surface area contributed by atoms with E-state index in [4.69, 9.17) is 0 Å². The van der Waals surface area contributed by atoms with Gasteiger partial charge in [-0.25, -0.2) is 0 Å². The molecular formula is C18H14AsBr.